The first kappa shape index (κ1) is 34.1. The highest BCUT2D eigenvalue weighted by molar-refractivity contribution is 7.29. The second-order valence-electron chi connectivity index (χ2n) is 17.1. The molecule has 0 atom stereocenters. The molecule has 4 aromatic heterocycles. The van der Waals surface area contributed by atoms with Crippen LogP contribution in [0.3, 0.4) is 0 Å². The van der Waals surface area contributed by atoms with Crippen molar-refractivity contribution in [2.45, 2.75) is 105 Å². The summed E-state index contributed by atoms with van der Waals surface area (Å²) < 4.78 is 0. The summed E-state index contributed by atoms with van der Waals surface area (Å²) in [6, 6.07) is 22.4. The number of thiazole rings is 2. The van der Waals surface area contributed by atoms with Crippen LogP contribution in [0.25, 0.3) is 53.3 Å². The van der Waals surface area contributed by atoms with E-state index in [1.165, 1.54) is 33.4 Å². The SMILES string of the molecule is CC(C)(C)c1cc(-c2ccc(-c3nc4sc(-c5ccc(-c6cc(C(C)(C)C)cc(C(C)(C)C)c6)cn5)nc4s3)nc2)cc(C(C)(C)C)c1. The third-order valence-electron chi connectivity index (χ3n) is 8.94. The van der Waals surface area contributed by atoms with Crippen molar-refractivity contribution >= 4 is 32.3 Å². The highest BCUT2D eigenvalue weighted by Gasteiger charge is 2.23. The minimum absolute atomic E-state index is 0.0631. The lowest BCUT2D eigenvalue weighted by Crippen LogP contribution is -2.16. The second-order valence-corrected chi connectivity index (χ2v) is 19.1. The quantitative estimate of drug-likeness (QED) is 0.187. The molecule has 6 aromatic rings. The molecule has 0 aliphatic carbocycles. The average molecular weight is 673 g/mol. The Bertz CT molecular complexity index is 1840. The van der Waals surface area contributed by atoms with Gasteiger partial charge in [-0.05, 0) is 67.2 Å². The van der Waals surface area contributed by atoms with Gasteiger partial charge in [0.2, 0.25) is 0 Å². The Labute approximate surface area is 294 Å². The van der Waals surface area contributed by atoms with Crippen molar-refractivity contribution in [3.8, 4) is 43.7 Å². The predicted octanol–water partition coefficient (Wildman–Crippen LogP) is 12.4. The second kappa shape index (κ2) is 12.0. The third kappa shape index (κ3) is 7.16. The van der Waals surface area contributed by atoms with Crippen molar-refractivity contribution < 1.29 is 0 Å². The van der Waals surface area contributed by atoms with Crippen LogP contribution in [0, 0.1) is 0 Å². The molecule has 0 saturated heterocycles. The topological polar surface area (TPSA) is 51.6 Å². The number of hydrogen-bond donors (Lipinski definition) is 0. The van der Waals surface area contributed by atoms with E-state index >= 15 is 0 Å². The number of aromatic nitrogens is 4. The molecule has 4 heterocycles. The Morgan fingerprint density at radius 1 is 0.396 bits per heavy atom. The fourth-order valence-corrected chi connectivity index (χ4v) is 7.56. The summed E-state index contributed by atoms with van der Waals surface area (Å²) in [5.41, 5.74) is 12.0. The van der Waals surface area contributed by atoms with E-state index in [9.17, 15) is 0 Å². The van der Waals surface area contributed by atoms with E-state index in [1.54, 1.807) is 22.7 Å². The molecule has 0 saturated carbocycles. The Hall–Kier alpha value is -3.74. The summed E-state index contributed by atoms with van der Waals surface area (Å²) in [7, 11) is 0. The van der Waals surface area contributed by atoms with Crippen LogP contribution < -0.4 is 0 Å². The van der Waals surface area contributed by atoms with Gasteiger partial charge in [0.1, 0.15) is 10.0 Å². The zero-order valence-corrected chi connectivity index (χ0v) is 32.2. The summed E-state index contributed by atoms with van der Waals surface area (Å²) in [5, 5.41) is 1.77. The Morgan fingerprint density at radius 2 is 0.708 bits per heavy atom. The normalized spacial score (nSPS) is 13.0. The molecule has 248 valence electrons. The molecular formula is C42H48N4S2. The van der Waals surface area contributed by atoms with Crippen LogP contribution in [0.2, 0.25) is 0 Å². The highest BCUT2D eigenvalue weighted by Crippen LogP contribution is 2.39. The van der Waals surface area contributed by atoms with Gasteiger partial charge in [-0.2, -0.15) is 0 Å². The number of rotatable bonds is 4. The molecule has 0 spiro atoms. The van der Waals surface area contributed by atoms with E-state index in [0.717, 1.165) is 42.2 Å². The van der Waals surface area contributed by atoms with Crippen LogP contribution in [0.5, 0.6) is 0 Å². The largest absolute Gasteiger partial charge is 0.253 e. The Morgan fingerprint density at radius 3 is 0.958 bits per heavy atom. The molecule has 0 fully saturated rings. The molecular weight excluding hydrogens is 625 g/mol. The number of hydrogen-bond acceptors (Lipinski definition) is 6. The molecule has 0 aliphatic rings. The molecule has 0 bridgehead atoms. The van der Waals surface area contributed by atoms with Gasteiger partial charge < -0.3 is 0 Å². The van der Waals surface area contributed by atoms with Gasteiger partial charge in [0.15, 0.2) is 9.66 Å². The van der Waals surface area contributed by atoms with Crippen molar-refractivity contribution in [2.24, 2.45) is 0 Å². The molecule has 0 radical (unpaired) electrons. The zero-order chi connectivity index (χ0) is 34.8. The molecule has 4 nitrogen and oxygen atoms in total. The number of pyridine rings is 2. The van der Waals surface area contributed by atoms with E-state index in [0.29, 0.717) is 0 Å². The highest BCUT2D eigenvalue weighted by atomic mass is 32.1. The van der Waals surface area contributed by atoms with E-state index in [1.807, 2.05) is 12.4 Å². The summed E-state index contributed by atoms with van der Waals surface area (Å²) in [6.45, 7) is 27.3. The minimum atomic E-state index is 0.0631. The van der Waals surface area contributed by atoms with E-state index < -0.39 is 0 Å². The summed E-state index contributed by atoms with van der Waals surface area (Å²) in [6.07, 6.45) is 3.95. The fourth-order valence-electron chi connectivity index (χ4n) is 5.56. The van der Waals surface area contributed by atoms with Crippen LogP contribution in [0.15, 0.2) is 73.1 Å². The summed E-state index contributed by atoms with van der Waals surface area (Å²) in [5.74, 6) is 0. The molecule has 6 rings (SSSR count). The Balaban J connectivity index is 1.25. The van der Waals surface area contributed by atoms with E-state index in [2.05, 4.69) is 144 Å². The zero-order valence-electron chi connectivity index (χ0n) is 30.5. The molecule has 6 heteroatoms. The van der Waals surface area contributed by atoms with Crippen LogP contribution in [-0.4, -0.2) is 19.9 Å². The lowest BCUT2D eigenvalue weighted by Gasteiger charge is -2.26. The van der Waals surface area contributed by atoms with Crippen molar-refractivity contribution in [2.75, 3.05) is 0 Å². The van der Waals surface area contributed by atoms with Gasteiger partial charge in [-0.15, -0.1) is 0 Å². The van der Waals surface area contributed by atoms with Crippen molar-refractivity contribution in [3.05, 3.63) is 95.3 Å². The first-order valence-corrected chi connectivity index (χ1v) is 18.4. The first-order chi connectivity index (χ1) is 22.3. The number of fused-ring (bicyclic) bond motifs is 1. The van der Waals surface area contributed by atoms with Crippen molar-refractivity contribution in [1.82, 2.24) is 19.9 Å². The van der Waals surface area contributed by atoms with Gasteiger partial charge >= 0.3 is 0 Å². The van der Waals surface area contributed by atoms with Crippen molar-refractivity contribution in [3.63, 3.8) is 0 Å². The monoisotopic (exact) mass is 672 g/mol. The van der Waals surface area contributed by atoms with Gasteiger partial charge in [-0.1, -0.05) is 154 Å². The maximum atomic E-state index is 4.94. The van der Waals surface area contributed by atoms with Gasteiger partial charge in [0.05, 0.1) is 11.4 Å². The van der Waals surface area contributed by atoms with E-state index in [4.69, 9.17) is 19.9 Å². The minimum Gasteiger partial charge on any atom is -0.253 e. The lowest BCUT2D eigenvalue weighted by molar-refractivity contribution is 0.568. The molecule has 2 aromatic carbocycles. The smallest absolute Gasteiger partial charge is 0.156 e. The standard InChI is InChI=1S/C42H48N4S2/c1-39(2,3)29-17-27(18-30(21-29)40(4,5)6)25-13-15-33(43-23-25)35-45-37-38(47-35)46-36(48-37)34-16-14-26(24-44-34)28-19-31(41(7,8)9)22-32(20-28)42(10,11)12/h13-24H,1-12H3. The van der Waals surface area contributed by atoms with E-state index in [-0.39, 0.29) is 21.7 Å². The van der Waals surface area contributed by atoms with Gasteiger partial charge in [-0.3, -0.25) is 9.97 Å². The molecule has 48 heavy (non-hydrogen) atoms. The number of nitrogens with zero attached hydrogens (tertiary/aromatic N) is 4. The van der Waals surface area contributed by atoms with Crippen LogP contribution in [0.4, 0.5) is 0 Å². The Kier molecular flexibility index (Phi) is 8.53. The van der Waals surface area contributed by atoms with Gasteiger partial charge in [0, 0.05) is 23.5 Å². The molecule has 0 unspecified atom stereocenters. The van der Waals surface area contributed by atoms with Crippen LogP contribution in [0.1, 0.15) is 105 Å². The molecule has 0 N–H and O–H groups in total. The van der Waals surface area contributed by atoms with Gasteiger partial charge in [-0.25, -0.2) is 9.97 Å². The first-order valence-electron chi connectivity index (χ1n) is 16.8. The summed E-state index contributed by atoms with van der Waals surface area (Å²) >= 11 is 3.17. The van der Waals surface area contributed by atoms with Crippen molar-refractivity contribution in [1.29, 1.82) is 0 Å². The predicted molar refractivity (Wildman–Crippen MR) is 207 cm³/mol. The van der Waals surface area contributed by atoms with Crippen LogP contribution in [-0.2, 0) is 21.7 Å². The maximum absolute atomic E-state index is 4.94. The third-order valence-corrected chi connectivity index (χ3v) is 11.0. The molecule has 0 amide bonds. The van der Waals surface area contributed by atoms with Gasteiger partial charge in [0.25, 0.3) is 0 Å². The number of benzene rings is 2. The summed E-state index contributed by atoms with van der Waals surface area (Å²) in [4.78, 5) is 21.4. The average Bonchev–Trinajstić information content (AvgIpc) is 3.59. The fraction of sp³-hybridized carbons (Fsp3) is 0.381. The van der Waals surface area contributed by atoms with Crippen LogP contribution >= 0.6 is 22.7 Å². The maximum Gasteiger partial charge on any atom is 0.156 e. The lowest BCUT2D eigenvalue weighted by atomic mass is 9.79. The molecule has 0 aliphatic heterocycles.